The highest BCUT2D eigenvalue weighted by molar-refractivity contribution is 6.43. The summed E-state index contributed by atoms with van der Waals surface area (Å²) in [4.78, 5) is 4.00. The summed E-state index contributed by atoms with van der Waals surface area (Å²) in [5.41, 5.74) is 7.10. The Kier molecular flexibility index (Phi) is 5.71. The van der Waals surface area contributed by atoms with Gasteiger partial charge in [-0.15, -0.1) is 0 Å². The molecule has 2 rings (SSSR count). The van der Waals surface area contributed by atoms with Crippen LogP contribution in [0.15, 0.2) is 36.7 Å². The molecule has 6 heteroatoms. The van der Waals surface area contributed by atoms with Crippen LogP contribution in [0, 0.1) is 0 Å². The van der Waals surface area contributed by atoms with Gasteiger partial charge in [0, 0.05) is 24.5 Å². The fourth-order valence-corrected chi connectivity index (χ4v) is 2.48. The van der Waals surface area contributed by atoms with Gasteiger partial charge in [0.25, 0.3) is 0 Å². The van der Waals surface area contributed by atoms with Gasteiger partial charge in [-0.2, -0.15) is 0 Å². The monoisotopic (exact) mass is 344 g/mol. The number of ether oxygens (including phenoxy) is 1. The van der Waals surface area contributed by atoms with Crippen LogP contribution in [-0.4, -0.2) is 11.0 Å². The van der Waals surface area contributed by atoms with Crippen LogP contribution in [-0.2, 0) is 0 Å². The molecule has 1 heterocycles. The van der Waals surface area contributed by atoms with Crippen molar-refractivity contribution in [1.29, 1.82) is 0 Å². The van der Waals surface area contributed by atoms with Crippen LogP contribution in [0.4, 0.5) is 0 Å². The standard InChI is InChI=1S/C15H15Cl3N2O/c1-2-13(19)15(9-3-5-20-6-4-9)21-14-8-11(17)10(16)7-12(14)18/h3-8,13,15H,2,19H2,1H3. The maximum atomic E-state index is 6.17. The first-order valence-electron chi connectivity index (χ1n) is 6.49. The van der Waals surface area contributed by atoms with Crippen LogP contribution in [0.3, 0.4) is 0 Å². The van der Waals surface area contributed by atoms with E-state index in [9.17, 15) is 0 Å². The van der Waals surface area contributed by atoms with Crippen molar-refractivity contribution in [2.75, 3.05) is 0 Å². The molecule has 0 bridgehead atoms. The van der Waals surface area contributed by atoms with Crippen LogP contribution in [0.1, 0.15) is 25.0 Å². The van der Waals surface area contributed by atoms with Gasteiger partial charge in [-0.3, -0.25) is 4.98 Å². The molecule has 21 heavy (non-hydrogen) atoms. The number of pyridine rings is 1. The molecule has 2 aromatic rings. The van der Waals surface area contributed by atoms with Crippen LogP contribution < -0.4 is 10.5 Å². The Hall–Kier alpha value is -1.00. The minimum atomic E-state index is -0.340. The van der Waals surface area contributed by atoms with E-state index in [1.165, 1.54) is 0 Å². The molecule has 0 amide bonds. The van der Waals surface area contributed by atoms with Crippen molar-refractivity contribution in [2.24, 2.45) is 5.73 Å². The zero-order valence-corrected chi connectivity index (χ0v) is 13.7. The van der Waals surface area contributed by atoms with E-state index in [0.29, 0.717) is 20.8 Å². The number of rotatable bonds is 5. The lowest BCUT2D eigenvalue weighted by Crippen LogP contribution is -2.31. The topological polar surface area (TPSA) is 48.1 Å². The summed E-state index contributed by atoms with van der Waals surface area (Å²) in [5.74, 6) is 0.455. The Labute approximate surface area is 139 Å². The van der Waals surface area contributed by atoms with Crippen molar-refractivity contribution >= 4 is 34.8 Å². The number of hydrogen-bond donors (Lipinski definition) is 1. The third kappa shape index (κ3) is 4.01. The molecule has 2 unspecified atom stereocenters. The number of nitrogens with two attached hydrogens (primary N) is 1. The molecular weight excluding hydrogens is 331 g/mol. The first kappa shape index (κ1) is 16.4. The molecule has 1 aromatic carbocycles. The lowest BCUT2D eigenvalue weighted by Gasteiger charge is -2.25. The SMILES string of the molecule is CCC(N)C(Oc1cc(Cl)c(Cl)cc1Cl)c1ccncc1. The lowest BCUT2D eigenvalue weighted by molar-refractivity contribution is 0.171. The van der Waals surface area contributed by atoms with Crippen molar-refractivity contribution in [1.82, 2.24) is 4.98 Å². The predicted molar refractivity (Wildman–Crippen MR) is 87.3 cm³/mol. The second-order valence-corrected chi connectivity index (χ2v) is 5.81. The van der Waals surface area contributed by atoms with Gasteiger partial charge in [-0.1, -0.05) is 41.7 Å². The fourth-order valence-electron chi connectivity index (χ4n) is 1.90. The van der Waals surface area contributed by atoms with E-state index in [0.717, 1.165) is 12.0 Å². The van der Waals surface area contributed by atoms with Crippen molar-refractivity contribution in [2.45, 2.75) is 25.5 Å². The summed E-state index contributed by atoms with van der Waals surface area (Å²) >= 11 is 18.1. The van der Waals surface area contributed by atoms with E-state index < -0.39 is 0 Å². The Bertz CT molecular complexity index is 607. The summed E-state index contributed by atoms with van der Waals surface area (Å²) in [6.07, 6.45) is 3.81. The molecule has 2 N–H and O–H groups in total. The van der Waals surface area contributed by atoms with Crippen LogP contribution in [0.5, 0.6) is 5.75 Å². The highest BCUT2D eigenvalue weighted by atomic mass is 35.5. The number of halogens is 3. The largest absolute Gasteiger partial charge is 0.482 e. The lowest BCUT2D eigenvalue weighted by atomic mass is 10.0. The van der Waals surface area contributed by atoms with E-state index in [1.807, 2.05) is 19.1 Å². The highest BCUT2D eigenvalue weighted by Gasteiger charge is 2.22. The van der Waals surface area contributed by atoms with Crippen molar-refractivity contribution in [3.63, 3.8) is 0 Å². The van der Waals surface area contributed by atoms with Crippen LogP contribution >= 0.6 is 34.8 Å². The summed E-state index contributed by atoms with van der Waals surface area (Å²) in [7, 11) is 0. The molecule has 0 saturated carbocycles. The van der Waals surface area contributed by atoms with Gasteiger partial charge < -0.3 is 10.5 Å². The number of nitrogens with zero attached hydrogens (tertiary/aromatic N) is 1. The Balaban J connectivity index is 2.34. The molecule has 0 aliphatic carbocycles. The Morgan fingerprint density at radius 3 is 2.33 bits per heavy atom. The molecule has 1 aromatic heterocycles. The molecule has 0 aliphatic rings. The van der Waals surface area contributed by atoms with E-state index in [2.05, 4.69) is 4.98 Å². The molecule has 0 fully saturated rings. The first-order valence-corrected chi connectivity index (χ1v) is 7.63. The summed E-state index contributed by atoms with van der Waals surface area (Å²) < 4.78 is 5.99. The molecule has 112 valence electrons. The van der Waals surface area contributed by atoms with Crippen LogP contribution in [0.2, 0.25) is 15.1 Å². The quantitative estimate of drug-likeness (QED) is 0.784. The third-order valence-electron chi connectivity index (χ3n) is 3.12. The van der Waals surface area contributed by atoms with Gasteiger partial charge >= 0.3 is 0 Å². The van der Waals surface area contributed by atoms with E-state index >= 15 is 0 Å². The number of hydrogen-bond acceptors (Lipinski definition) is 3. The van der Waals surface area contributed by atoms with Gasteiger partial charge in [-0.25, -0.2) is 0 Å². The Morgan fingerprint density at radius 1 is 1.10 bits per heavy atom. The molecule has 0 saturated heterocycles. The minimum absolute atomic E-state index is 0.182. The summed E-state index contributed by atoms with van der Waals surface area (Å²) in [5, 5.41) is 1.16. The smallest absolute Gasteiger partial charge is 0.140 e. The Morgan fingerprint density at radius 2 is 1.71 bits per heavy atom. The van der Waals surface area contributed by atoms with Crippen molar-refractivity contribution in [3.05, 3.63) is 57.3 Å². The first-order chi connectivity index (χ1) is 10.0. The fraction of sp³-hybridized carbons (Fsp3) is 0.267. The second-order valence-electron chi connectivity index (χ2n) is 4.59. The van der Waals surface area contributed by atoms with E-state index in [-0.39, 0.29) is 12.1 Å². The highest BCUT2D eigenvalue weighted by Crippen LogP contribution is 2.36. The second kappa shape index (κ2) is 7.32. The van der Waals surface area contributed by atoms with Gasteiger partial charge in [-0.05, 0) is 30.2 Å². The molecule has 3 nitrogen and oxygen atoms in total. The molecule has 2 atom stereocenters. The average Bonchev–Trinajstić information content (AvgIpc) is 2.49. The number of benzene rings is 1. The van der Waals surface area contributed by atoms with Crippen molar-refractivity contribution < 1.29 is 4.74 Å². The predicted octanol–water partition coefficient (Wildman–Crippen LogP) is 4.90. The van der Waals surface area contributed by atoms with E-state index in [1.54, 1.807) is 24.5 Å². The van der Waals surface area contributed by atoms with Crippen molar-refractivity contribution in [3.8, 4) is 5.75 Å². The molecule has 0 radical (unpaired) electrons. The van der Waals surface area contributed by atoms with Gasteiger partial charge in [0.15, 0.2) is 0 Å². The summed E-state index contributed by atoms with van der Waals surface area (Å²) in [6.45, 7) is 2.00. The molecule has 0 aliphatic heterocycles. The average molecular weight is 346 g/mol. The van der Waals surface area contributed by atoms with E-state index in [4.69, 9.17) is 45.3 Å². The zero-order chi connectivity index (χ0) is 15.4. The summed E-state index contributed by atoms with van der Waals surface area (Å²) in [6, 6.07) is 6.71. The maximum absolute atomic E-state index is 6.17. The van der Waals surface area contributed by atoms with Crippen LogP contribution in [0.25, 0.3) is 0 Å². The molecule has 0 spiro atoms. The normalized spacial score (nSPS) is 13.8. The van der Waals surface area contributed by atoms with Gasteiger partial charge in [0.2, 0.25) is 0 Å². The zero-order valence-electron chi connectivity index (χ0n) is 11.4. The van der Waals surface area contributed by atoms with Gasteiger partial charge in [0.1, 0.15) is 11.9 Å². The minimum Gasteiger partial charge on any atom is -0.482 e. The third-order valence-corrected chi connectivity index (χ3v) is 4.14. The van der Waals surface area contributed by atoms with Gasteiger partial charge in [0.05, 0.1) is 15.1 Å². The number of aromatic nitrogens is 1. The maximum Gasteiger partial charge on any atom is 0.140 e. The molecular formula is C15H15Cl3N2O.